The number of thioether (sulfide) groups is 3. The number of thiocyanates is 3. The van der Waals surface area contributed by atoms with Crippen LogP contribution < -0.4 is 138 Å². The summed E-state index contributed by atoms with van der Waals surface area (Å²) in [7, 11) is 0. The summed E-state index contributed by atoms with van der Waals surface area (Å²) in [6, 6.07) is 23.0. The highest BCUT2D eigenvalue weighted by atomic mass is 32.2. The second kappa shape index (κ2) is 52.6. The molecule has 0 aromatic heterocycles. The van der Waals surface area contributed by atoms with Gasteiger partial charge in [0.1, 0.15) is 16.2 Å². The Bertz CT molecular complexity index is 3340. The Morgan fingerprint density at radius 1 is 0.345 bits per heavy atom. The Morgan fingerprint density at radius 3 is 0.752 bits per heavy atom. The zero-order valence-corrected chi connectivity index (χ0v) is 70.4. The van der Waals surface area contributed by atoms with Crippen LogP contribution in [0.4, 0.5) is 17.1 Å². The second-order valence-electron chi connectivity index (χ2n) is 29.8. The van der Waals surface area contributed by atoms with E-state index in [2.05, 4.69) is 161 Å². The maximum absolute atomic E-state index is 12.8. The molecule has 12 rings (SSSR count). The van der Waals surface area contributed by atoms with Gasteiger partial charge in [-0.15, -0.1) is 0 Å². The summed E-state index contributed by atoms with van der Waals surface area (Å²) < 4.78 is 0. The molecule has 33 nitrogen and oxygen atoms in total. The largest absolute Gasteiger partial charge is 0.481 e. The lowest BCUT2D eigenvalue weighted by molar-refractivity contribution is -0.137. The van der Waals surface area contributed by atoms with E-state index in [9.17, 15) is 14.4 Å². The molecule has 9 aliphatic heterocycles. The lowest BCUT2D eigenvalue weighted by Gasteiger charge is -2.39. The van der Waals surface area contributed by atoms with Gasteiger partial charge >= 0.3 is 5.97 Å². The van der Waals surface area contributed by atoms with E-state index in [0.29, 0.717) is 140 Å². The Hall–Kier alpha value is -6.06. The smallest absolute Gasteiger partial charge is 0.303 e. The van der Waals surface area contributed by atoms with Crippen LogP contribution in [0.5, 0.6) is 0 Å². The maximum Gasteiger partial charge on any atom is 0.303 e. The van der Waals surface area contributed by atoms with Gasteiger partial charge in [-0.05, 0) is 151 Å². The minimum Gasteiger partial charge on any atom is -0.481 e. The molecule has 0 aliphatic carbocycles. The van der Waals surface area contributed by atoms with Gasteiger partial charge in [0.15, 0.2) is 15.3 Å². The van der Waals surface area contributed by atoms with Crippen LogP contribution in [0.2, 0.25) is 0 Å². The average molecular weight is 1680 g/mol. The molecular formula is C74H123N29O4S6. The number of carbonyl (C=O) groups excluding carboxylic acids is 2. The zero-order chi connectivity index (χ0) is 80.6. The number of carbonyl (C=O) groups is 3. The lowest BCUT2D eigenvalue weighted by Crippen LogP contribution is -2.68. The third kappa shape index (κ3) is 37.4. The van der Waals surface area contributed by atoms with Crippen molar-refractivity contribution in [3.8, 4) is 16.2 Å². The molecule has 0 spiro atoms. The van der Waals surface area contributed by atoms with Crippen molar-refractivity contribution in [3.63, 3.8) is 0 Å². The molecule has 0 atom stereocenters. The van der Waals surface area contributed by atoms with E-state index in [1.807, 2.05) is 72.8 Å². The average Bonchev–Trinajstić information content (AvgIpc) is 0.851. The first-order chi connectivity index (χ1) is 54.8. The van der Waals surface area contributed by atoms with E-state index in [1.165, 1.54) is 0 Å². The predicted molar refractivity (Wildman–Crippen MR) is 469 cm³/mol. The van der Waals surface area contributed by atoms with Crippen LogP contribution >= 0.6 is 71.9 Å². The number of carboxylic acid groups (broad SMARTS) is 1. The normalized spacial score (nSPS) is 25.9. The van der Waals surface area contributed by atoms with Gasteiger partial charge in [-0.3, -0.25) is 14.4 Å². The summed E-state index contributed by atoms with van der Waals surface area (Å²) in [4.78, 5) is 38.4. The molecule has 0 radical (unpaired) electrons. The molecule has 9 saturated heterocycles. The number of hydrogen-bond donors (Lipinski definition) is 27. The number of benzene rings is 3. The first-order valence-electron chi connectivity index (χ1n) is 39.1. The van der Waals surface area contributed by atoms with Crippen LogP contribution in [0, 0.1) is 37.4 Å². The molecule has 0 saturated carbocycles. The Balaban J connectivity index is 0.000000236. The summed E-state index contributed by atoms with van der Waals surface area (Å²) in [5.41, 5.74) is 0.721. The van der Waals surface area contributed by atoms with Crippen molar-refractivity contribution in [2.45, 2.75) is 75.5 Å². The number of rotatable bonds is 15. The number of carboxylic acids is 1. The van der Waals surface area contributed by atoms with Crippen molar-refractivity contribution in [2.75, 3.05) is 252 Å². The van der Waals surface area contributed by atoms with Gasteiger partial charge < -0.3 is 143 Å². The number of anilines is 3. The summed E-state index contributed by atoms with van der Waals surface area (Å²) in [5, 5.41) is 135. The van der Waals surface area contributed by atoms with Crippen molar-refractivity contribution >= 4 is 122 Å². The number of fused-ring (bicyclic) bond motifs is 45. The third-order valence-electron chi connectivity index (χ3n) is 19.5. The number of amides is 2. The number of nitriles is 3. The van der Waals surface area contributed by atoms with Crippen molar-refractivity contribution in [1.29, 1.82) is 15.8 Å². The standard InChI is InChI=1S/C27H44N10O3S2.C24H40N10OS2.C23H39N9S2/c28-20-42-22-6-4-21(5-7-22)35-25(41)37-27-17-32-11-8-29-14-26(15-30-9-12-33-18-27,16-31-10-13-34-19-27)36-23(38)2-1-3-24(39)40;1-19(35)33-23-12-26-6-9-29-15-24(16-30-10-7-27-13-23,17-31-11-8-28-14-23)34-22(36)32-20-2-4-21(5-3-20)37-18-25;1-22-12-25-6-9-28-15-23(16-29-10-7-26-13-22,17-30-11-8-27-14-22)32-21(33)31-19-2-4-20(5-3-19)34-18-24/h4-7,29-34H,1-3,8-19H2,(H,36,38)(H,39,40)(H2,35,37,41);2-5,26-31H,6-17H2,1H3,(H,33,35)(H2,32,34,36);2-5,25-30H,6-17H2,1H3,(H2,31,32,33). The van der Waals surface area contributed by atoms with Gasteiger partial charge in [-0.25, -0.2) is 0 Å². The molecule has 6 bridgehead atoms. The summed E-state index contributed by atoms with van der Waals surface area (Å²) >= 11 is 20.6. The molecule has 27 N–H and O–H groups in total. The molecule has 3 aromatic rings. The number of nitrogens with one attached hydrogen (secondary N) is 26. The van der Waals surface area contributed by atoms with Gasteiger partial charge in [0.25, 0.3) is 0 Å². The van der Waals surface area contributed by atoms with E-state index in [1.54, 1.807) is 6.92 Å². The van der Waals surface area contributed by atoms with Crippen molar-refractivity contribution < 1.29 is 19.5 Å². The predicted octanol–water partition coefficient (Wildman–Crippen LogP) is -2.46. The van der Waals surface area contributed by atoms with Crippen molar-refractivity contribution in [2.24, 2.45) is 5.41 Å². The molecule has 2 amide bonds. The second-order valence-corrected chi connectivity index (χ2v) is 33.6. The minimum absolute atomic E-state index is 0.0228. The van der Waals surface area contributed by atoms with Crippen molar-refractivity contribution in [1.82, 2.24) is 122 Å². The number of hydrogen-bond acceptors (Lipinski definition) is 30. The first kappa shape index (κ1) is 94.1. The van der Waals surface area contributed by atoms with Gasteiger partial charge in [0.05, 0.1) is 27.7 Å². The van der Waals surface area contributed by atoms with E-state index < -0.39 is 22.6 Å². The van der Waals surface area contributed by atoms with E-state index >= 15 is 0 Å². The lowest BCUT2D eigenvalue weighted by atomic mass is 9.90. The number of nitrogens with zero attached hydrogens (tertiary/aromatic N) is 3. The minimum atomic E-state index is -0.895. The summed E-state index contributed by atoms with van der Waals surface area (Å²) in [5.74, 6) is -1.07. The Morgan fingerprint density at radius 2 is 0.549 bits per heavy atom. The van der Waals surface area contributed by atoms with Crippen LogP contribution in [0.1, 0.15) is 33.1 Å². The highest BCUT2D eigenvalue weighted by Gasteiger charge is 2.37. The zero-order valence-electron chi connectivity index (χ0n) is 65.5. The molecule has 9 aliphatic rings. The molecule has 3 aromatic carbocycles. The first-order valence-corrected chi connectivity index (χ1v) is 42.8. The SMILES string of the molecule is CC(=O)NC12CNCCNCC(NC(=S)Nc3ccc(SC#N)cc3)(CNCCNC1)CNCCNC2.CC12CNCCNCC(NC(=S)Nc3ccc(SC#N)cc3)(CNCCNC1)CNCCNC2.N#CSc1ccc(NC(=S)NC23CNCCNCC(NC(=O)CCCC(=O)O)(CNCCNC2)CNCCNC3)cc1. The van der Waals surface area contributed by atoms with Crippen LogP contribution in [-0.4, -0.2) is 302 Å². The molecule has 9 fully saturated rings. The van der Waals surface area contributed by atoms with E-state index in [-0.39, 0.29) is 41.1 Å². The van der Waals surface area contributed by atoms with Crippen molar-refractivity contribution in [3.05, 3.63) is 72.8 Å². The topological polar surface area (TPSA) is 456 Å². The molecule has 0 unspecified atom stereocenters. The number of aliphatic carboxylic acids is 1. The molecule has 113 heavy (non-hydrogen) atoms. The van der Waals surface area contributed by atoms with Gasteiger partial charge in [-0.1, -0.05) is 6.92 Å². The number of thiocarbonyl (C=S) groups is 3. The summed E-state index contributed by atoms with van der Waals surface area (Å²) in [6.45, 7) is 31.2. The fourth-order valence-corrected chi connectivity index (χ4v) is 15.9. The third-order valence-corrected chi connectivity index (χ3v) is 21.9. The molecule has 9 heterocycles. The maximum atomic E-state index is 12.8. The highest BCUT2D eigenvalue weighted by molar-refractivity contribution is 8.04. The van der Waals surface area contributed by atoms with Crippen LogP contribution in [-0.2, 0) is 14.4 Å². The van der Waals surface area contributed by atoms with Crippen LogP contribution in [0.15, 0.2) is 87.5 Å². The molecule has 39 heteroatoms. The fraction of sp³-hybridized carbons (Fsp3) is 0.635. The Labute approximate surface area is 696 Å². The monoisotopic (exact) mass is 1670 g/mol. The summed E-state index contributed by atoms with van der Waals surface area (Å²) in [6.07, 6.45) is 0.465. The molecule has 624 valence electrons. The van der Waals surface area contributed by atoms with Crippen LogP contribution in [0.3, 0.4) is 0 Å². The van der Waals surface area contributed by atoms with Gasteiger partial charge in [0.2, 0.25) is 11.8 Å². The van der Waals surface area contributed by atoms with E-state index in [4.69, 9.17) is 57.5 Å². The van der Waals surface area contributed by atoms with Gasteiger partial charge in [-0.2, -0.15) is 15.8 Å². The van der Waals surface area contributed by atoms with E-state index in [0.717, 1.165) is 185 Å². The van der Waals surface area contributed by atoms with Gasteiger partial charge in [0, 0.05) is 293 Å². The quantitative estimate of drug-likeness (QED) is 0.0426. The highest BCUT2D eigenvalue weighted by Crippen LogP contribution is 2.23. The Kier molecular flexibility index (Phi) is 43.8. The van der Waals surface area contributed by atoms with Crippen LogP contribution in [0.25, 0.3) is 0 Å². The molecular weight excluding hydrogens is 1550 g/mol. The fourth-order valence-electron chi connectivity index (χ4n) is 13.8.